The minimum Gasteiger partial charge on any atom is -0.465 e. The molecule has 0 saturated carbocycles. The van der Waals surface area contributed by atoms with Gasteiger partial charge in [-0.15, -0.1) is 0 Å². The van der Waals surface area contributed by atoms with Crippen molar-refractivity contribution in [1.29, 1.82) is 0 Å². The minimum absolute atomic E-state index is 0.299. The van der Waals surface area contributed by atoms with Crippen LogP contribution in [-0.2, 0) is 4.74 Å². The third-order valence-corrected chi connectivity index (χ3v) is 5.50. The summed E-state index contributed by atoms with van der Waals surface area (Å²) in [6.07, 6.45) is 0. The summed E-state index contributed by atoms with van der Waals surface area (Å²) in [6.45, 7) is 0. The van der Waals surface area contributed by atoms with E-state index in [1.807, 2.05) is 36.4 Å². The van der Waals surface area contributed by atoms with Gasteiger partial charge in [-0.25, -0.2) is 4.79 Å². The molecule has 0 aliphatic carbocycles. The van der Waals surface area contributed by atoms with Crippen LogP contribution in [0.2, 0.25) is 0 Å². The molecule has 0 heterocycles. The summed E-state index contributed by atoms with van der Waals surface area (Å²) in [7, 11) is 1.99. The second kappa shape index (κ2) is 7.90. The van der Waals surface area contributed by atoms with Gasteiger partial charge in [-0.05, 0) is 28.6 Å². The summed E-state index contributed by atoms with van der Waals surface area (Å²) in [5.41, 5.74) is 3.51. The number of rotatable bonds is 5. The fourth-order valence-electron chi connectivity index (χ4n) is 2.64. The monoisotopic (exact) mass is 334 g/mol. The molecule has 0 aliphatic rings. The topological polar surface area (TPSA) is 26.3 Å². The molecule has 3 aromatic carbocycles. The molecular weight excluding hydrogens is 315 g/mol. The van der Waals surface area contributed by atoms with Crippen molar-refractivity contribution in [3.63, 3.8) is 0 Å². The molecule has 0 spiro atoms. The van der Waals surface area contributed by atoms with Gasteiger partial charge in [0.25, 0.3) is 0 Å². The van der Waals surface area contributed by atoms with Crippen LogP contribution in [0.3, 0.4) is 0 Å². The van der Waals surface area contributed by atoms with Gasteiger partial charge in [-0.3, -0.25) is 0 Å². The van der Waals surface area contributed by atoms with Gasteiger partial charge in [0.05, 0.1) is 12.7 Å². The van der Waals surface area contributed by atoms with E-state index in [0.29, 0.717) is 19.8 Å². The first-order valence-electron chi connectivity index (χ1n) is 7.83. The van der Waals surface area contributed by atoms with Crippen LogP contribution < -0.4 is 5.30 Å². The Labute approximate surface area is 144 Å². The second-order valence-corrected chi connectivity index (χ2v) is 6.91. The lowest BCUT2D eigenvalue weighted by molar-refractivity contribution is 0.0601. The molecule has 0 N–H and O–H groups in total. The molecule has 3 aromatic rings. The molecule has 1 unspecified atom stereocenters. The maximum atomic E-state index is 11.6. The SMILES string of the molecule is COC(=O)c1ccc(PC(c2ccccc2)c2ccccc2)cc1. The Balaban J connectivity index is 1.89. The van der Waals surface area contributed by atoms with Gasteiger partial charge >= 0.3 is 5.97 Å². The first-order valence-corrected chi connectivity index (χ1v) is 8.90. The van der Waals surface area contributed by atoms with Crippen molar-refractivity contribution >= 4 is 19.9 Å². The number of ether oxygens (including phenoxy) is 1. The van der Waals surface area contributed by atoms with Crippen LogP contribution in [0.4, 0.5) is 0 Å². The molecule has 0 fully saturated rings. The zero-order chi connectivity index (χ0) is 16.8. The molecule has 3 rings (SSSR count). The Kier molecular flexibility index (Phi) is 5.40. The third-order valence-electron chi connectivity index (χ3n) is 3.88. The standard InChI is InChI=1S/C21H19O2P/c1-23-21(22)18-12-14-19(15-13-18)24-20(16-8-4-2-5-9-16)17-10-6-3-7-11-17/h2-15,20,24H,1H3. The Morgan fingerprint density at radius 2 is 1.29 bits per heavy atom. The van der Waals surface area contributed by atoms with Gasteiger partial charge in [-0.1, -0.05) is 81.4 Å². The molecule has 2 nitrogen and oxygen atoms in total. The van der Waals surface area contributed by atoms with Gasteiger partial charge in [-0.2, -0.15) is 0 Å². The van der Waals surface area contributed by atoms with E-state index in [4.69, 9.17) is 4.74 Å². The van der Waals surface area contributed by atoms with E-state index < -0.39 is 0 Å². The lowest BCUT2D eigenvalue weighted by Gasteiger charge is -2.18. The fourth-order valence-corrected chi connectivity index (χ4v) is 4.05. The molecule has 0 radical (unpaired) electrons. The van der Waals surface area contributed by atoms with E-state index in [0.717, 1.165) is 0 Å². The molecule has 0 bridgehead atoms. The molecule has 24 heavy (non-hydrogen) atoms. The summed E-state index contributed by atoms with van der Waals surface area (Å²) < 4.78 is 4.76. The number of hydrogen-bond acceptors (Lipinski definition) is 2. The molecule has 1 atom stereocenters. The summed E-state index contributed by atoms with van der Waals surface area (Å²) in [5, 5.41) is 1.22. The Hall–Kier alpha value is -2.44. The second-order valence-electron chi connectivity index (χ2n) is 5.47. The van der Waals surface area contributed by atoms with Crippen molar-refractivity contribution in [3.8, 4) is 0 Å². The maximum Gasteiger partial charge on any atom is 0.337 e. The number of carbonyl (C=O) groups excluding carboxylic acids is 1. The van der Waals surface area contributed by atoms with Crippen molar-refractivity contribution in [2.45, 2.75) is 5.66 Å². The summed E-state index contributed by atoms with van der Waals surface area (Å²) in [5.74, 6) is -0.299. The molecule has 0 aliphatic heterocycles. The molecule has 120 valence electrons. The van der Waals surface area contributed by atoms with E-state index in [1.54, 1.807) is 0 Å². The highest BCUT2D eigenvalue weighted by molar-refractivity contribution is 7.47. The van der Waals surface area contributed by atoms with Crippen LogP contribution in [0.5, 0.6) is 0 Å². The van der Waals surface area contributed by atoms with Crippen molar-refractivity contribution in [2.24, 2.45) is 0 Å². The number of methoxy groups -OCH3 is 1. The highest BCUT2D eigenvalue weighted by Gasteiger charge is 2.15. The summed E-state index contributed by atoms with van der Waals surface area (Å²) in [6, 6.07) is 28.8. The lowest BCUT2D eigenvalue weighted by atomic mass is 10.0. The quantitative estimate of drug-likeness (QED) is 0.505. The van der Waals surface area contributed by atoms with Gasteiger partial charge in [0.1, 0.15) is 0 Å². The van der Waals surface area contributed by atoms with E-state index >= 15 is 0 Å². The molecule has 0 aromatic heterocycles. The Bertz CT molecular complexity index is 744. The lowest BCUT2D eigenvalue weighted by Crippen LogP contribution is -2.05. The van der Waals surface area contributed by atoms with Crippen LogP contribution in [0.15, 0.2) is 84.9 Å². The van der Waals surface area contributed by atoms with Gasteiger partial charge in [0.2, 0.25) is 0 Å². The smallest absolute Gasteiger partial charge is 0.337 e. The van der Waals surface area contributed by atoms with Gasteiger partial charge in [0.15, 0.2) is 0 Å². The van der Waals surface area contributed by atoms with Crippen LogP contribution in [-0.4, -0.2) is 13.1 Å². The van der Waals surface area contributed by atoms with Gasteiger partial charge < -0.3 is 4.74 Å². The predicted octanol–water partition coefficient (Wildman–Crippen LogP) is 4.57. The molecule has 0 amide bonds. The summed E-state index contributed by atoms with van der Waals surface area (Å²) >= 11 is 0. The van der Waals surface area contributed by atoms with Crippen LogP contribution >= 0.6 is 8.58 Å². The molecular formula is C21H19O2P. The normalized spacial score (nSPS) is 11.1. The Morgan fingerprint density at radius 3 is 1.75 bits per heavy atom. The van der Waals surface area contributed by atoms with Crippen molar-refractivity contribution < 1.29 is 9.53 Å². The molecule has 0 saturated heterocycles. The number of carbonyl (C=O) groups is 1. The van der Waals surface area contributed by atoms with Crippen molar-refractivity contribution in [1.82, 2.24) is 0 Å². The number of hydrogen-bond donors (Lipinski definition) is 0. The maximum absolute atomic E-state index is 11.6. The van der Waals surface area contributed by atoms with E-state index in [2.05, 4.69) is 48.5 Å². The average Bonchev–Trinajstić information content (AvgIpc) is 2.67. The van der Waals surface area contributed by atoms with E-state index in [-0.39, 0.29) is 5.97 Å². The predicted molar refractivity (Wildman–Crippen MR) is 100 cm³/mol. The first-order chi connectivity index (χ1) is 11.8. The first kappa shape index (κ1) is 16.4. The summed E-state index contributed by atoms with van der Waals surface area (Å²) in [4.78, 5) is 11.6. The highest BCUT2D eigenvalue weighted by Crippen LogP contribution is 2.39. The van der Waals surface area contributed by atoms with Crippen LogP contribution in [0.1, 0.15) is 27.1 Å². The van der Waals surface area contributed by atoms with E-state index in [1.165, 1.54) is 23.5 Å². The fraction of sp³-hybridized carbons (Fsp3) is 0.0952. The van der Waals surface area contributed by atoms with Crippen molar-refractivity contribution in [2.75, 3.05) is 7.11 Å². The van der Waals surface area contributed by atoms with Crippen LogP contribution in [0.25, 0.3) is 0 Å². The third kappa shape index (κ3) is 3.90. The number of esters is 1. The van der Waals surface area contributed by atoms with E-state index in [9.17, 15) is 4.79 Å². The zero-order valence-electron chi connectivity index (χ0n) is 13.5. The largest absolute Gasteiger partial charge is 0.465 e. The number of benzene rings is 3. The average molecular weight is 334 g/mol. The highest BCUT2D eigenvalue weighted by atomic mass is 31.1. The zero-order valence-corrected chi connectivity index (χ0v) is 14.5. The Morgan fingerprint density at radius 1 is 0.792 bits per heavy atom. The van der Waals surface area contributed by atoms with Crippen molar-refractivity contribution in [3.05, 3.63) is 102 Å². The minimum atomic E-state index is -0.299. The molecule has 3 heteroatoms. The van der Waals surface area contributed by atoms with Crippen LogP contribution in [0, 0.1) is 0 Å². The van der Waals surface area contributed by atoms with Gasteiger partial charge in [0, 0.05) is 5.66 Å².